The minimum Gasteiger partial charge on any atom is -0.227 e. The van der Waals surface area contributed by atoms with Gasteiger partial charge in [0.1, 0.15) is 6.07 Å². The van der Waals surface area contributed by atoms with Crippen molar-refractivity contribution in [2.45, 2.75) is 0 Å². The Morgan fingerprint density at radius 1 is 1.38 bits per heavy atom. The van der Waals surface area contributed by atoms with E-state index < -0.39 is 0 Å². The summed E-state index contributed by atoms with van der Waals surface area (Å²) in [6.07, 6.45) is 1.60. The van der Waals surface area contributed by atoms with E-state index in [1.807, 2.05) is 23.6 Å². The topological polar surface area (TPSA) is 49.6 Å². The Hall–Kier alpha value is -1.73. The molecule has 2 aromatic heterocycles. The largest absolute Gasteiger partial charge is 0.232 e. The highest BCUT2D eigenvalue weighted by molar-refractivity contribution is 7.13. The number of hydrogen-bond acceptors (Lipinski definition) is 4. The highest BCUT2D eigenvalue weighted by atomic mass is 32.1. The van der Waals surface area contributed by atoms with Gasteiger partial charge in [0.05, 0.1) is 10.6 Å². The van der Waals surface area contributed by atoms with Gasteiger partial charge in [-0.15, -0.1) is 11.3 Å². The maximum Gasteiger partial charge on any atom is 0.232 e. The molecule has 0 fully saturated rings. The summed E-state index contributed by atoms with van der Waals surface area (Å²) in [5, 5.41) is 10.6. The second-order valence-electron chi connectivity index (χ2n) is 2.35. The van der Waals surface area contributed by atoms with E-state index >= 15 is 0 Å². The molecule has 0 atom stereocenters. The lowest BCUT2D eigenvalue weighted by Crippen LogP contribution is -1.88. The summed E-state index contributed by atoms with van der Waals surface area (Å²) in [4.78, 5) is 8.93. The Morgan fingerprint density at radius 2 is 2.31 bits per heavy atom. The van der Waals surface area contributed by atoms with Gasteiger partial charge in [0.15, 0.2) is 0 Å². The molecule has 0 aliphatic rings. The van der Waals surface area contributed by atoms with Gasteiger partial charge in [-0.2, -0.15) is 5.26 Å². The van der Waals surface area contributed by atoms with Crippen LogP contribution < -0.4 is 0 Å². The van der Waals surface area contributed by atoms with Gasteiger partial charge >= 0.3 is 0 Å². The zero-order valence-corrected chi connectivity index (χ0v) is 7.45. The molecule has 13 heavy (non-hydrogen) atoms. The molecule has 62 valence electrons. The first-order chi connectivity index (χ1) is 6.40. The minimum atomic E-state index is 0.214. The van der Waals surface area contributed by atoms with Crippen LogP contribution in [0.4, 0.5) is 0 Å². The molecule has 0 N–H and O–H groups in total. The standard InChI is InChI=1S/C9H5N3S/c10-6-9-11-4-3-7(12-9)8-2-1-5-13-8/h1-5H. The van der Waals surface area contributed by atoms with E-state index in [0.29, 0.717) is 0 Å². The number of nitrogens with zero attached hydrogens (tertiary/aromatic N) is 3. The maximum absolute atomic E-state index is 8.59. The van der Waals surface area contributed by atoms with E-state index in [2.05, 4.69) is 9.97 Å². The van der Waals surface area contributed by atoms with Crippen LogP contribution in [0.25, 0.3) is 10.6 Å². The first-order valence-corrected chi connectivity index (χ1v) is 4.55. The summed E-state index contributed by atoms with van der Waals surface area (Å²) < 4.78 is 0. The van der Waals surface area contributed by atoms with Crippen LogP contribution in [0.2, 0.25) is 0 Å². The number of rotatable bonds is 1. The zero-order valence-electron chi connectivity index (χ0n) is 6.64. The van der Waals surface area contributed by atoms with Crippen molar-refractivity contribution in [1.29, 1.82) is 5.26 Å². The molecule has 2 heterocycles. The molecule has 0 aromatic carbocycles. The fraction of sp³-hybridized carbons (Fsp3) is 0. The smallest absolute Gasteiger partial charge is 0.227 e. The first kappa shape index (κ1) is 7.90. The molecule has 0 bridgehead atoms. The summed E-state index contributed by atoms with van der Waals surface area (Å²) in [5.74, 6) is 0.214. The predicted molar refractivity (Wildman–Crippen MR) is 50.1 cm³/mol. The molecular weight excluding hydrogens is 182 g/mol. The van der Waals surface area contributed by atoms with Gasteiger partial charge in [-0.05, 0) is 17.5 Å². The Morgan fingerprint density at radius 3 is 3.00 bits per heavy atom. The summed E-state index contributed by atoms with van der Waals surface area (Å²) >= 11 is 1.60. The van der Waals surface area contributed by atoms with E-state index in [0.717, 1.165) is 10.6 Å². The molecule has 2 rings (SSSR count). The number of thiophene rings is 1. The van der Waals surface area contributed by atoms with Crippen LogP contribution in [-0.2, 0) is 0 Å². The quantitative estimate of drug-likeness (QED) is 0.686. The SMILES string of the molecule is N#Cc1nccc(-c2cccs2)n1. The molecule has 0 saturated carbocycles. The molecule has 0 spiro atoms. The van der Waals surface area contributed by atoms with Crippen LogP contribution >= 0.6 is 11.3 Å². The van der Waals surface area contributed by atoms with Crippen LogP contribution in [-0.4, -0.2) is 9.97 Å². The van der Waals surface area contributed by atoms with Crippen LogP contribution in [0.3, 0.4) is 0 Å². The second-order valence-corrected chi connectivity index (χ2v) is 3.30. The average molecular weight is 187 g/mol. The van der Waals surface area contributed by atoms with Gasteiger partial charge in [-0.3, -0.25) is 0 Å². The van der Waals surface area contributed by atoms with Crippen LogP contribution in [0, 0.1) is 11.3 Å². The molecule has 0 amide bonds. The van der Waals surface area contributed by atoms with E-state index in [4.69, 9.17) is 5.26 Å². The molecule has 0 unspecified atom stereocenters. The lowest BCUT2D eigenvalue weighted by Gasteiger charge is -1.94. The summed E-state index contributed by atoms with van der Waals surface area (Å²) in [6, 6.07) is 7.63. The number of aromatic nitrogens is 2. The Bertz CT molecular complexity index is 442. The Labute approximate surface area is 79.3 Å². The Kier molecular flexibility index (Phi) is 2.02. The van der Waals surface area contributed by atoms with Gasteiger partial charge in [0.2, 0.25) is 5.82 Å². The molecule has 0 radical (unpaired) electrons. The third kappa shape index (κ3) is 1.55. The second kappa shape index (κ2) is 3.33. The van der Waals surface area contributed by atoms with E-state index in [-0.39, 0.29) is 5.82 Å². The van der Waals surface area contributed by atoms with Crippen molar-refractivity contribution < 1.29 is 0 Å². The normalized spacial score (nSPS) is 9.46. The van der Waals surface area contributed by atoms with E-state index in [9.17, 15) is 0 Å². The van der Waals surface area contributed by atoms with Crippen molar-refractivity contribution in [3.05, 3.63) is 35.6 Å². The van der Waals surface area contributed by atoms with Crippen LogP contribution in [0.1, 0.15) is 5.82 Å². The summed E-state index contributed by atoms with van der Waals surface area (Å²) in [7, 11) is 0. The number of nitriles is 1. The van der Waals surface area contributed by atoms with Crippen molar-refractivity contribution in [1.82, 2.24) is 9.97 Å². The summed E-state index contributed by atoms with van der Waals surface area (Å²) in [6.45, 7) is 0. The van der Waals surface area contributed by atoms with Gasteiger partial charge in [0, 0.05) is 6.20 Å². The average Bonchev–Trinajstić information content (AvgIpc) is 2.71. The molecule has 0 saturated heterocycles. The van der Waals surface area contributed by atoms with Crippen molar-refractivity contribution >= 4 is 11.3 Å². The van der Waals surface area contributed by atoms with Crippen molar-refractivity contribution in [3.63, 3.8) is 0 Å². The minimum absolute atomic E-state index is 0.214. The third-order valence-electron chi connectivity index (χ3n) is 1.53. The lowest BCUT2D eigenvalue weighted by atomic mass is 10.3. The predicted octanol–water partition coefficient (Wildman–Crippen LogP) is 2.08. The molecule has 4 heteroatoms. The van der Waals surface area contributed by atoms with Crippen LogP contribution in [0.5, 0.6) is 0 Å². The maximum atomic E-state index is 8.59. The third-order valence-corrected chi connectivity index (χ3v) is 2.42. The lowest BCUT2D eigenvalue weighted by molar-refractivity contribution is 1.12. The van der Waals surface area contributed by atoms with Crippen molar-refractivity contribution in [2.24, 2.45) is 0 Å². The monoisotopic (exact) mass is 187 g/mol. The van der Waals surface area contributed by atoms with Gasteiger partial charge in [0.25, 0.3) is 0 Å². The highest BCUT2D eigenvalue weighted by Gasteiger charge is 2.01. The first-order valence-electron chi connectivity index (χ1n) is 3.67. The van der Waals surface area contributed by atoms with Crippen molar-refractivity contribution in [3.8, 4) is 16.6 Å². The summed E-state index contributed by atoms with van der Waals surface area (Å²) in [5.41, 5.74) is 0.807. The number of hydrogen-bond donors (Lipinski definition) is 0. The fourth-order valence-corrected chi connectivity index (χ4v) is 1.67. The van der Waals surface area contributed by atoms with Crippen LogP contribution in [0.15, 0.2) is 29.8 Å². The zero-order chi connectivity index (χ0) is 9.10. The van der Waals surface area contributed by atoms with Gasteiger partial charge in [-0.25, -0.2) is 9.97 Å². The molecule has 0 aliphatic heterocycles. The molecule has 2 aromatic rings. The fourth-order valence-electron chi connectivity index (χ4n) is 0.974. The molecule has 0 aliphatic carbocycles. The van der Waals surface area contributed by atoms with Crippen molar-refractivity contribution in [2.75, 3.05) is 0 Å². The van der Waals surface area contributed by atoms with E-state index in [1.54, 1.807) is 23.6 Å². The molecular formula is C9H5N3S. The Balaban J connectivity index is 2.49. The van der Waals surface area contributed by atoms with E-state index in [1.165, 1.54) is 0 Å². The molecule has 3 nitrogen and oxygen atoms in total. The van der Waals surface area contributed by atoms with Gasteiger partial charge in [-0.1, -0.05) is 6.07 Å². The highest BCUT2D eigenvalue weighted by Crippen LogP contribution is 2.21. The van der Waals surface area contributed by atoms with Gasteiger partial charge < -0.3 is 0 Å².